The maximum atomic E-state index is 11.9. The Balaban J connectivity index is 2.14. The van der Waals surface area contributed by atoms with Gasteiger partial charge in [-0.15, -0.1) is 18.2 Å². The van der Waals surface area contributed by atoms with E-state index in [-0.39, 0.29) is 11.8 Å². The average molecular weight is 317 g/mol. The molecule has 0 radical (unpaired) electrons. The van der Waals surface area contributed by atoms with Crippen LogP contribution in [0.5, 0.6) is 0 Å². The smallest absolute Gasteiger partial charge is 0.238 e. The maximum absolute atomic E-state index is 11.9. The second-order valence-electron chi connectivity index (χ2n) is 5.31. The number of halogens is 1. The van der Waals surface area contributed by atoms with Crippen LogP contribution in [-0.2, 0) is 17.9 Å². The van der Waals surface area contributed by atoms with Crippen LogP contribution in [0.4, 0.5) is 0 Å². The van der Waals surface area contributed by atoms with Gasteiger partial charge in [0.25, 0.3) is 0 Å². The summed E-state index contributed by atoms with van der Waals surface area (Å²) in [6.45, 7) is 7.62. The molecule has 0 bridgehead atoms. The van der Waals surface area contributed by atoms with Gasteiger partial charge in [0, 0.05) is 25.0 Å². The second-order valence-corrected chi connectivity index (χ2v) is 5.58. The standard InChI is InChI=1S/C18H21ClN2O/c1-3-9-21(18(22)12-19)14-17-8-5-10-20(17)13-16-7-4-6-15(2)11-16/h3-8,10-11H,1,9,12-14H2,2H3. The van der Waals surface area contributed by atoms with E-state index in [2.05, 4.69) is 42.3 Å². The van der Waals surface area contributed by atoms with E-state index in [4.69, 9.17) is 11.6 Å². The predicted octanol–water partition coefficient (Wildman–Crippen LogP) is 3.60. The number of alkyl halides is 1. The summed E-state index contributed by atoms with van der Waals surface area (Å²) in [6, 6.07) is 12.5. The van der Waals surface area contributed by atoms with Crippen LogP contribution < -0.4 is 0 Å². The molecule has 0 saturated heterocycles. The highest BCUT2D eigenvalue weighted by molar-refractivity contribution is 6.27. The summed E-state index contributed by atoms with van der Waals surface area (Å²) in [7, 11) is 0. The lowest BCUT2D eigenvalue weighted by molar-refractivity contribution is -0.128. The summed E-state index contributed by atoms with van der Waals surface area (Å²) in [6.07, 6.45) is 3.76. The van der Waals surface area contributed by atoms with Crippen molar-refractivity contribution in [1.29, 1.82) is 0 Å². The summed E-state index contributed by atoms with van der Waals surface area (Å²) in [5.41, 5.74) is 3.58. The Hall–Kier alpha value is -2.00. The third kappa shape index (κ3) is 4.25. The lowest BCUT2D eigenvalue weighted by atomic mass is 10.1. The molecule has 0 unspecified atom stereocenters. The minimum atomic E-state index is -0.0788. The van der Waals surface area contributed by atoms with Crippen molar-refractivity contribution in [2.75, 3.05) is 12.4 Å². The Morgan fingerprint density at radius 1 is 1.36 bits per heavy atom. The van der Waals surface area contributed by atoms with Crippen molar-refractivity contribution >= 4 is 17.5 Å². The van der Waals surface area contributed by atoms with Gasteiger partial charge in [-0.3, -0.25) is 4.79 Å². The number of carbonyl (C=O) groups is 1. The Kier molecular flexibility index (Phi) is 5.84. The van der Waals surface area contributed by atoms with E-state index in [9.17, 15) is 4.79 Å². The summed E-state index contributed by atoms with van der Waals surface area (Å²) in [5, 5.41) is 0. The molecule has 0 spiro atoms. The van der Waals surface area contributed by atoms with Crippen LogP contribution in [0.15, 0.2) is 55.3 Å². The van der Waals surface area contributed by atoms with Crippen molar-refractivity contribution in [3.63, 3.8) is 0 Å². The van der Waals surface area contributed by atoms with E-state index < -0.39 is 0 Å². The molecule has 3 nitrogen and oxygen atoms in total. The third-order valence-corrected chi connectivity index (χ3v) is 3.76. The van der Waals surface area contributed by atoms with E-state index in [0.29, 0.717) is 13.1 Å². The van der Waals surface area contributed by atoms with Crippen molar-refractivity contribution < 1.29 is 4.79 Å². The average Bonchev–Trinajstić information content (AvgIpc) is 2.93. The third-order valence-electron chi connectivity index (χ3n) is 3.53. The largest absolute Gasteiger partial charge is 0.345 e. The fourth-order valence-corrected chi connectivity index (χ4v) is 2.61. The van der Waals surface area contributed by atoms with Gasteiger partial charge in [-0.1, -0.05) is 35.9 Å². The zero-order chi connectivity index (χ0) is 15.9. The molecular weight excluding hydrogens is 296 g/mol. The summed E-state index contributed by atoms with van der Waals surface area (Å²) in [5.74, 6) is -0.0863. The molecule has 1 heterocycles. The van der Waals surface area contributed by atoms with Crippen LogP contribution >= 0.6 is 11.6 Å². The zero-order valence-corrected chi connectivity index (χ0v) is 13.6. The van der Waals surface area contributed by atoms with Gasteiger partial charge in [0.05, 0.1) is 6.54 Å². The molecule has 2 rings (SSSR count). The van der Waals surface area contributed by atoms with Crippen LogP contribution in [0, 0.1) is 6.92 Å². The summed E-state index contributed by atoms with van der Waals surface area (Å²) in [4.78, 5) is 13.6. The fourth-order valence-electron chi connectivity index (χ4n) is 2.44. The Morgan fingerprint density at radius 2 is 2.18 bits per heavy atom. The van der Waals surface area contributed by atoms with Crippen LogP contribution in [0.3, 0.4) is 0 Å². The molecule has 0 saturated carbocycles. The van der Waals surface area contributed by atoms with Crippen molar-refractivity contribution in [2.45, 2.75) is 20.0 Å². The Labute approximate surface area is 136 Å². The molecule has 0 fully saturated rings. The zero-order valence-electron chi connectivity index (χ0n) is 12.8. The molecule has 0 aliphatic carbocycles. The first-order valence-electron chi connectivity index (χ1n) is 7.28. The number of hydrogen-bond donors (Lipinski definition) is 0. The number of hydrogen-bond acceptors (Lipinski definition) is 1. The van der Waals surface area contributed by atoms with Crippen molar-refractivity contribution in [3.05, 3.63) is 72.1 Å². The number of aryl methyl sites for hydroxylation is 1. The molecule has 2 aromatic rings. The van der Waals surface area contributed by atoms with Gasteiger partial charge in [0.15, 0.2) is 0 Å². The minimum absolute atomic E-state index is 0.00751. The molecule has 0 N–H and O–H groups in total. The Morgan fingerprint density at radius 3 is 2.86 bits per heavy atom. The van der Waals surface area contributed by atoms with Gasteiger partial charge in [0.2, 0.25) is 5.91 Å². The van der Waals surface area contributed by atoms with Gasteiger partial charge in [-0.2, -0.15) is 0 Å². The number of nitrogens with zero attached hydrogens (tertiary/aromatic N) is 2. The van der Waals surface area contributed by atoms with E-state index in [1.54, 1.807) is 11.0 Å². The lowest BCUT2D eigenvalue weighted by Crippen LogP contribution is -2.32. The van der Waals surface area contributed by atoms with E-state index in [1.807, 2.05) is 18.3 Å². The van der Waals surface area contributed by atoms with Crippen LogP contribution in [0.2, 0.25) is 0 Å². The van der Waals surface area contributed by atoms with Gasteiger partial charge < -0.3 is 9.47 Å². The van der Waals surface area contributed by atoms with Crippen LogP contribution in [-0.4, -0.2) is 27.8 Å². The Bertz CT molecular complexity index is 648. The highest BCUT2D eigenvalue weighted by Crippen LogP contribution is 2.12. The second kappa shape index (κ2) is 7.85. The first-order valence-corrected chi connectivity index (χ1v) is 7.81. The van der Waals surface area contributed by atoms with Gasteiger partial charge in [-0.25, -0.2) is 0 Å². The monoisotopic (exact) mass is 316 g/mol. The van der Waals surface area contributed by atoms with Crippen molar-refractivity contribution in [3.8, 4) is 0 Å². The number of aromatic nitrogens is 1. The number of carbonyl (C=O) groups excluding carboxylic acids is 1. The van der Waals surface area contributed by atoms with Crippen molar-refractivity contribution in [2.24, 2.45) is 0 Å². The SMILES string of the molecule is C=CCN(Cc1cccn1Cc1cccc(C)c1)C(=O)CCl. The van der Waals surface area contributed by atoms with Crippen molar-refractivity contribution in [1.82, 2.24) is 9.47 Å². The highest BCUT2D eigenvalue weighted by atomic mass is 35.5. The number of rotatable bonds is 7. The van der Waals surface area contributed by atoms with Gasteiger partial charge in [-0.05, 0) is 24.6 Å². The first kappa shape index (κ1) is 16.4. The molecule has 22 heavy (non-hydrogen) atoms. The predicted molar refractivity (Wildman–Crippen MR) is 91.0 cm³/mol. The summed E-state index contributed by atoms with van der Waals surface area (Å²) < 4.78 is 2.16. The summed E-state index contributed by atoms with van der Waals surface area (Å²) >= 11 is 5.68. The number of benzene rings is 1. The van der Waals surface area contributed by atoms with Crippen LogP contribution in [0.25, 0.3) is 0 Å². The minimum Gasteiger partial charge on any atom is -0.345 e. The van der Waals surface area contributed by atoms with Gasteiger partial charge in [0.1, 0.15) is 5.88 Å². The quantitative estimate of drug-likeness (QED) is 0.566. The van der Waals surface area contributed by atoms with E-state index in [0.717, 1.165) is 12.2 Å². The molecule has 116 valence electrons. The molecule has 1 amide bonds. The van der Waals surface area contributed by atoms with E-state index >= 15 is 0 Å². The molecule has 0 aliphatic rings. The molecule has 1 aromatic heterocycles. The molecule has 0 atom stereocenters. The number of amides is 1. The lowest BCUT2D eigenvalue weighted by Gasteiger charge is -2.21. The fraction of sp³-hybridized carbons (Fsp3) is 0.278. The van der Waals surface area contributed by atoms with Gasteiger partial charge >= 0.3 is 0 Å². The first-order chi connectivity index (χ1) is 10.6. The maximum Gasteiger partial charge on any atom is 0.238 e. The molecular formula is C18H21ClN2O. The molecule has 1 aromatic carbocycles. The van der Waals surface area contributed by atoms with E-state index in [1.165, 1.54) is 11.1 Å². The topological polar surface area (TPSA) is 25.2 Å². The normalized spacial score (nSPS) is 10.5. The molecule has 0 aliphatic heterocycles. The van der Waals surface area contributed by atoms with Crippen LogP contribution in [0.1, 0.15) is 16.8 Å². The molecule has 4 heteroatoms. The highest BCUT2D eigenvalue weighted by Gasteiger charge is 2.13.